The number of benzene rings is 5. The SMILES string of the molecule is O=C(CSC1c2ccccc2-c2ccccc21)NN=Cc1c2ccccc2cc2ccccc12. The molecule has 34 heavy (non-hydrogen) atoms. The molecule has 0 atom stereocenters. The highest BCUT2D eigenvalue weighted by Crippen LogP contribution is 2.49. The fraction of sp³-hybridized carbons (Fsp3) is 0.0667. The highest BCUT2D eigenvalue weighted by molar-refractivity contribution is 8.00. The van der Waals surface area contributed by atoms with E-state index in [1.807, 2.05) is 24.3 Å². The lowest BCUT2D eigenvalue weighted by molar-refractivity contribution is -0.118. The summed E-state index contributed by atoms with van der Waals surface area (Å²) >= 11 is 1.64. The summed E-state index contributed by atoms with van der Waals surface area (Å²) in [5.41, 5.74) is 8.82. The standard InChI is InChI=1S/C30H22N2OS/c33-29(19-34-30-26-15-7-5-13-24(26)25-14-6-8-16-27(25)30)32-31-18-28-22-11-3-1-9-20(22)17-21-10-2-4-12-23(21)28/h1-18,30H,19H2,(H,32,33). The molecule has 5 aromatic carbocycles. The Balaban J connectivity index is 1.21. The van der Waals surface area contributed by atoms with E-state index in [0.29, 0.717) is 5.75 Å². The molecule has 1 aliphatic carbocycles. The van der Waals surface area contributed by atoms with Gasteiger partial charge in [0.1, 0.15) is 0 Å². The first-order valence-corrected chi connectivity index (χ1v) is 12.4. The first kappa shape index (κ1) is 20.7. The van der Waals surface area contributed by atoms with Crippen molar-refractivity contribution in [3.8, 4) is 11.1 Å². The zero-order chi connectivity index (χ0) is 22.9. The van der Waals surface area contributed by atoms with E-state index >= 15 is 0 Å². The van der Waals surface area contributed by atoms with E-state index in [2.05, 4.69) is 89.4 Å². The number of amides is 1. The minimum atomic E-state index is -0.104. The first-order chi connectivity index (χ1) is 16.8. The van der Waals surface area contributed by atoms with Gasteiger partial charge in [-0.25, -0.2) is 5.43 Å². The summed E-state index contributed by atoms with van der Waals surface area (Å²) < 4.78 is 0. The van der Waals surface area contributed by atoms with E-state index in [0.717, 1.165) is 27.1 Å². The third kappa shape index (κ3) is 3.66. The van der Waals surface area contributed by atoms with E-state index in [9.17, 15) is 4.79 Å². The van der Waals surface area contributed by atoms with Crippen LogP contribution in [0.4, 0.5) is 0 Å². The van der Waals surface area contributed by atoms with Gasteiger partial charge in [-0.1, -0.05) is 97.1 Å². The van der Waals surface area contributed by atoms with Crippen molar-refractivity contribution in [2.75, 3.05) is 5.75 Å². The van der Waals surface area contributed by atoms with Crippen LogP contribution in [0.3, 0.4) is 0 Å². The number of hydrogen-bond donors (Lipinski definition) is 1. The van der Waals surface area contributed by atoms with Gasteiger partial charge < -0.3 is 0 Å². The third-order valence-electron chi connectivity index (χ3n) is 6.35. The molecule has 0 heterocycles. The van der Waals surface area contributed by atoms with Crippen molar-refractivity contribution in [2.45, 2.75) is 5.25 Å². The molecule has 0 saturated heterocycles. The van der Waals surface area contributed by atoms with Gasteiger partial charge in [-0.15, -0.1) is 11.8 Å². The van der Waals surface area contributed by atoms with Gasteiger partial charge >= 0.3 is 0 Å². The molecule has 0 aromatic heterocycles. The molecule has 6 rings (SSSR count). The van der Waals surface area contributed by atoms with Crippen LogP contribution >= 0.6 is 11.8 Å². The summed E-state index contributed by atoms with van der Waals surface area (Å²) in [7, 11) is 0. The lowest BCUT2D eigenvalue weighted by Gasteiger charge is -2.12. The smallest absolute Gasteiger partial charge is 0.250 e. The summed E-state index contributed by atoms with van der Waals surface area (Å²) in [6.07, 6.45) is 1.77. The summed E-state index contributed by atoms with van der Waals surface area (Å²) in [4.78, 5) is 12.7. The van der Waals surface area contributed by atoms with Gasteiger partial charge in [-0.05, 0) is 49.9 Å². The van der Waals surface area contributed by atoms with Crippen LogP contribution in [0.1, 0.15) is 21.9 Å². The molecule has 1 N–H and O–H groups in total. The largest absolute Gasteiger partial charge is 0.272 e. The van der Waals surface area contributed by atoms with Crippen molar-refractivity contribution < 1.29 is 4.79 Å². The van der Waals surface area contributed by atoms with Crippen LogP contribution in [-0.2, 0) is 4.79 Å². The first-order valence-electron chi connectivity index (χ1n) is 11.3. The molecule has 0 spiro atoms. The third-order valence-corrected chi connectivity index (χ3v) is 7.62. The molecular formula is C30H22N2OS. The maximum absolute atomic E-state index is 12.7. The number of carbonyl (C=O) groups excluding carboxylic acids is 1. The van der Waals surface area contributed by atoms with Crippen molar-refractivity contribution >= 4 is 45.4 Å². The van der Waals surface area contributed by atoms with Gasteiger partial charge in [0.25, 0.3) is 0 Å². The van der Waals surface area contributed by atoms with E-state index in [1.165, 1.54) is 22.3 Å². The Kier molecular flexibility index (Phi) is 5.36. The molecule has 1 aliphatic rings. The maximum atomic E-state index is 12.7. The Labute approximate surface area is 202 Å². The zero-order valence-electron chi connectivity index (χ0n) is 18.4. The van der Waals surface area contributed by atoms with E-state index in [1.54, 1.807) is 18.0 Å². The van der Waals surface area contributed by atoms with Gasteiger partial charge in [0.2, 0.25) is 5.91 Å². The number of hydrazone groups is 1. The number of nitrogens with one attached hydrogen (secondary N) is 1. The van der Waals surface area contributed by atoms with Crippen LogP contribution in [0.5, 0.6) is 0 Å². The van der Waals surface area contributed by atoms with Crippen LogP contribution in [0.25, 0.3) is 32.7 Å². The summed E-state index contributed by atoms with van der Waals surface area (Å²) in [6, 6.07) is 35.6. The topological polar surface area (TPSA) is 41.5 Å². The molecule has 0 aliphatic heterocycles. The second-order valence-corrected chi connectivity index (χ2v) is 9.48. The van der Waals surface area contributed by atoms with Crippen LogP contribution in [0, 0.1) is 0 Å². The van der Waals surface area contributed by atoms with Gasteiger partial charge in [0.15, 0.2) is 0 Å². The lowest BCUT2D eigenvalue weighted by Crippen LogP contribution is -2.20. The number of carbonyl (C=O) groups is 1. The molecule has 164 valence electrons. The fourth-order valence-electron chi connectivity index (χ4n) is 4.84. The van der Waals surface area contributed by atoms with Gasteiger partial charge in [-0.2, -0.15) is 5.10 Å². The quantitative estimate of drug-likeness (QED) is 0.176. The van der Waals surface area contributed by atoms with Crippen LogP contribution < -0.4 is 5.43 Å². The van der Waals surface area contributed by atoms with Crippen molar-refractivity contribution in [3.05, 3.63) is 120 Å². The predicted octanol–water partition coefficient (Wildman–Crippen LogP) is 6.95. The highest BCUT2D eigenvalue weighted by atomic mass is 32.2. The van der Waals surface area contributed by atoms with Crippen molar-refractivity contribution in [2.24, 2.45) is 5.10 Å². The van der Waals surface area contributed by atoms with E-state index in [4.69, 9.17) is 0 Å². The van der Waals surface area contributed by atoms with E-state index < -0.39 is 0 Å². The molecule has 0 unspecified atom stereocenters. The Hall–Kier alpha value is -3.89. The molecule has 4 heteroatoms. The molecule has 5 aromatic rings. The predicted molar refractivity (Wildman–Crippen MR) is 143 cm³/mol. The Morgan fingerprint density at radius 1 is 0.765 bits per heavy atom. The second-order valence-electron chi connectivity index (χ2n) is 8.39. The average Bonchev–Trinajstić information content (AvgIpc) is 3.21. The minimum absolute atomic E-state index is 0.104. The molecule has 0 radical (unpaired) electrons. The number of fused-ring (bicyclic) bond motifs is 5. The average molecular weight is 459 g/mol. The number of nitrogens with zero attached hydrogens (tertiary/aromatic N) is 1. The van der Waals surface area contributed by atoms with Crippen LogP contribution in [0.2, 0.25) is 0 Å². The lowest BCUT2D eigenvalue weighted by atomic mass is 9.97. The summed E-state index contributed by atoms with van der Waals surface area (Å²) in [5, 5.41) is 9.04. The van der Waals surface area contributed by atoms with Gasteiger partial charge in [0.05, 0.1) is 17.2 Å². The minimum Gasteiger partial charge on any atom is -0.272 e. The molecule has 0 fully saturated rings. The Morgan fingerprint density at radius 3 is 1.91 bits per heavy atom. The number of rotatable bonds is 5. The fourth-order valence-corrected chi connectivity index (χ4v) is 5.99. The van der Waals surface area contributed by atoms with Crippen molar-refractivity contribution in [3.63, 3.8) is 0 Å². The number of thioether (sulfide) groups is 1. The van der Waals surface area contributed by atoms with Crippen LogP contribution in [0.15, 0.2) is 108 Å². The maximum Gasteiger partial charge on any atom is 0.250 e. The zero-order valence-corrected chi connectivity index (χ0v) is 19.3. The summed E-state index contributed by atoms with van der Waals surface area (Å²) in [5.74, 6) is 0.230. The summed E-state index contributed by atoms with van der Waals surface area (Å²) in [6.45, 7) is 0. The Morgan fingerprint density at radius 2 is 1.29 bits per heavy atom. The van der Waals surface area contributed by atoms with Gasteiger partial charge in [0, 0.05) is 5.56 Å². The van der Waals surface area contributed by atoms with Gasteiger partial charge in [-0.3, -0.25) is 4.79 Å². The van der Waals surface area contributed by atoms with Crippen molar-refractivity contribution in [1.29, 1.82) is 0 Å². The van der Waals surface area contributed by atoms with Crippen molar-refractivity contribution in [1.82, 2.24) is 5.43 Å². The number of hydrogen-bond acceptors (Lipinski definition) is 3. The normalized spacial score (nSPS) is 12.8. The molecular weight excluding hydrogens is 436 g/mol. The second kappa shape index (κ2) is 8.81. The molecule has 0 bridgehead atoms. The Bertz CT molecular complexity index is 1470. The highest BCUT2D eigenvalue weighted by Gasteiger charge is 2.28. The monoisotopic (exact) mass is 458 g/mol. The molecule has 3 nitrogen and oxygen atoms in total. The van der Waals surface area contributed by atoms with E-state index in [-0.39, 0.29) is 11.2 Å². The molecule has 1 amide bonds. The van der Waals surface area contributed by atoms with Crippen LogP contribution in [-0.4, -0.2) is 17.9 Å². The molecule has 0 saturated carbocycles.